The van der Waals surface area contributed by atoms with Gasteiger partial charge in [0.25, 0.3) is 0 Å². The highest BCUT2D eigenvalue weighted by atomic mass is 19.1. The van der Waals surface area contributed by atoms with E-state index in [0.29, 0.717) is 6.07 Å². The van der Waals surface area contributed by atoms with E-state index in [9.17, 15) is 23.2 Å². The highest BCUT2D eigenvalue weighted by Gasteiger charge is 2.25. The Bertz CT molecular complexity index is 650. The smallest absolute Gasteiger partial charge is 0.326 e. The Balaban J connectivity index is 2.92. The third-order valence-corrected chi connectivity index (χ3v) is 3.45. The first-order valence-corrected chi connectivity index (χ1v) is 7.84. The average Bonchev–Trinajstić information content (AvgIpc) is 2.44. The molecule has 0 saturated carbocycles. The van der Waals surface area contributed by atoms with E-state index in [-0.39, 0.29) is 24.3 Å². The monoisotopic (exact) mass is 356 g/mol. The Morgan fingerprint density at radius 3 is 2.28 bits per heavy atom. The molecule has 138 valence electrons. The van der Waals surface area contributed by atoms with Crippen molar-refractivity contribution in [3.05, 3.63) is 35.4 Å². The van der Waals surface area contributed by atoms with Gasteiger partial charge in [0, 0.05) is 18.6 Å². The zero-order valence-corrected chi connectivity index (χ0v) is 14.3. The van der Waals surface area contributed by atoms with Crippen molar-refractivity contribution in [1.82, 2.24) is 10.6 Å². The van der Waals surface area contributed by atoms with Crippen LogP contribution in [0.4, 0.5) is 8.78 Å². The van der Waals surface area contributed by atoms with Gasteiger partial charge in [-0.2, -0.15) is 0 Å². The molecule has 0 aromatic heterocycles. The van der Waals surface area contributed by atoms with Gasteiger partial charge in [0.15, 0.2) is 0 Å². The molecular formula is C17H22F2N2O4. The molecule has 2 amide bonds. The Labute approximate surface area is 144 Å². The lowest BCUT2D eigenvalue weighted by Crippen LogP contribution is -2.43. The molecule has 0 spiro atoms. The highest BCUT2D eigenvalue weighted by Crippen LogP contribution is 2.21. The molecule has 0 aliphatic rings. The normalized spacial score (nSPS) is 13.2. The van der Waals surface area contributed by atoms with E-state index < -0.39 is 41.5 Å². The molecule has 0 aliphatic carbocycles. The summed E-state index contributed by atoms with van der Waals surface area (Å²) >= 11 is 0. The minimum Gasteiger partial charge on any atom is -0.480 e. The van der Waals surface area contributed by atoms with E-state index in [0.717, 1.165) is 12.1 Å². The maximum absolute atomic E-state index is 13.9. The topological polar surface area (TPSA) is 95.5 Å². The summed E-state index contributed by atoms with van der Waals surface area (Å²) in [5.41, 5.74) is -0.0533. The predicted molar refractivity (Wildman–Crippen MR) is 86.6 cm³/mol. The summed E-state index contributed by atoms with van der Waals surface area (Å²) in [6, 6.07) is 0.696. The molecule has 25 heavy (non-hydrogen) atoms. The minimum absolute atomic E-state index is 0.0436. The second-order valence-electron chi connectivity index (χ2n) is 6.21. The summed E-state index contributed by atoms with van der Waals surface area (Å²) in [5.74, 6) is -3.97. The molecule has 1 unspecified atom stereocenters. The molecule has 2 atom stereocenters. The van der Waals surface area contributed by atoms with Gasteiger partial charge in [-0.25, -0.2) is 13.6 Å². The van der Waals surface area contributed by atoms with Crippen LogP contribution in [-0.2, 0) is 14.4 Å². The number of benzene rings is 1. The van der Waals surface area contributed by atoms with Crippen molar-refractivity contribution < 1.29 is 28.3 Å². The summed E-state index contributed by atoms with van der Waals surface area (Å²) in [6.45, 7) is 4.83. The van der Waals surface area contributed by atoms with Gasteiger partial charge in [0.2, 0.25) is 11.8 Å². The van der Waals surface area contributed by atoms with Gasteiger partial charge >= 0.3 is 5.97 Å². The zero-order chi connectivity index (χ0) is 19.1. The van der Waals surface area contributed by atoms with E-state index in [1.807, 2.05) is 13.8 Å². The zero-order valence-electron chi connectivity index (χ0n) is 14.3. The Kier molecular flexibility index (Phi) is 7.47. The third kappa shape index (κ3) is 6.86. The number of carbonyl (C=O) groups is 3. The second-order valence-corrected chi connectivity index (χ2v) is 6.21. The van der Waals surface area contributed by atoms with Gasteiger partial charge < -0.3 is 15.7 Å². The number of carbonyl (C=O) groups excluding carboxylic acids is 2. The van der Waals surface area contributed by atoms with Crippen LogP contribution in [0, 0.1) is 17.6 Å². The predicted octanol–water partition coefficient (Wildman–Crippen LogP) is 2.15. The van der Waals surface area contributed by atoms with Crippen LogP contribution in [0.1, 0.15) is 45.2 Å². The molecule has 3 N–H and O–H groups in total. The lowest BCUT2D eigenvalue weighted by Gasteiger charge is -2.21. The molecule has 1 aromatic rings. The fourth-order valence-electron chi connectivity index (χ4n) is 2.40. The molecule has 1 aromatic carbocycles. The number of carboxylic acids is 1. The van der Waals surface area contributed by atoms with Gasteiger partial charge in [0.05, 0.1) is 12.5 Å². The van der Waals surface area contributed by atoms with Crippen molar-refractivity contribution in [3.8, 4) is 0 Å². The van der Waals surface area contributed by atoms with Crippen molar-refractivity contribution in [2.45, 2.75) is 45.7 Å². The lowest BCUT2D eigenvalue weighted by atomic mass is 10.0. The number of halogens is 2. The van der Waals surface area contributed by atoms with Gasteiger partial charge in [-0.3, -0.25) is 9.59 Å². The van der Waals surface area contributed by atoms with Gasteiger partial charge in [-0.1, -0.05) is 19.9 Å². The van der Waals surface area contributed by atoms with E-state index >= 15 is 0 Å². The van der Waals surface area contributed by atoms with Crippen LogP contribution in [0.5, 0.6) is 0 Å². The van der Waals surface area contributed by atoms with Crippen molar-refractivity contribution in [3.63, 3.8) is 0 Å². The molecule has 1 rings (SSSR count). The first kappa shape index (κ1) is 20.5. The van der Waals surface area contributed by atoms with Crippen LogP contribution in [0.25, 0.3) is 0 Å². The van der Waals surface area contributed by atoms with Crippen LogP contribution < -0.4 is 10.6 Å². The quantitative estimate of drug-likeness (QED) is 0.665. The van der Waals surface area contributed by atoms with Crippen LogP contribution in [-0.4, -0.2) is 28.9 Å². The van der Waals surface area contributed by atoms with Gasteiger partial charge in [-0.15, -0.1) is 0 Å². The van der Waals surface area contributed by atoms with Crippen molar-refractivity contribution >= 4 is 17.8 Å². The second kappa shape index (κ2) is 9.10. The number of hydrogen-bond acceptors (Lipinski definition) is 3. The summed E-state index contributed by atoms with van der Waals surface area (Å²) in [6.07, 6.45) is -0.138. The molecule has 8 heteroatoms. The summed E-state index contributed by atoms with van der Waals surface area (Å²) < 4.78 is 27.0. The molecule has 6 nitrogen and oxygen atoms in total. The fraction of sp³-hybridized carbons (Fsp3) is 0.471. The summed E-state index contributed by atoms with van der Waals surface area (Å²) in [7, 11) is 0. The van der Waals surface area contributed by atoms with E-state index in [4.69, 9.17) is 5.11 Å². The Hall–Kier alpha value is -2.51. The number of nitrogens with one attached hydrogen (secondary N) is 2. The standard InChI is InChI=1S/C17H22F2N2O4/c1-9(2)6-15(17(24)25)21-16(23)8-14(20-10(3)22)12-5-4-11(18)7-13(12)19/h4-5,7,9,14-15H,6,8H2,1-3H3,(H,20,22)(H,21,23)(H,24,25)/t14?,15-/m0/s1. The van der Waals surface area contributed by atoms with E-state index in [1.54, 1.807) is 0 Å². The Morgan fingerprint density at radius 2 is 1.80 bits per heavy atom. The number of rotatable bonds is 8. The van der Waals surface area contributed by atoms with E-state index in [1.165, 1.54) is 6.92 Å². The van der Waals surface area contributed by atoms with Crippen LogP contribution in [0.2, 0.25) is 0 Å². The van der Waals surface area contributed by atoms with Crippen LogP contribution in [0.3, 0.4) is 0 Å². The average molecular weight is 356 g/mol. The van der Waals surface area contributed by atoms with Crippen LogP contribution >= 0.6 is 0 Å². The number of amides is 2. The largest absolute Gasteiger partial charge is 0.480 e. The third-order valence-electron chi connectivity index (χ3n) is 3.45. The molecule has 0 bridgehead atoms. The lowest BCUT2D eigenvalue weighted by molar-refractivity contribution is -0.142. The summed E-state index contributed by atoms with van der Waals surface area (Å²) in [4.78, 5) is 34.7. The molecule has 0 saturated heterocycles. The van der Waals surface area contributed by atoms with Gasteiger partial charge in [0.1, 0.15) is 17.7 Å². The van der Waals surface area contributed by atoms with E-state index in [2.05, 4.69) is 10.6 Å². The fourth-order valence-corrected chi connectivity index (χ4v) is 2.40. The number of carboxylic acid groups (broad SMARTS) is 1. The number of aliphatic carboxylic acids is 1. The van der Waals surface area contributed by atoms with Gasteiger partial charge in [-0.05, 0) is 18.4 Å². The van der Waals surface area contributed by atoms with Crippen molar-refractivity contribution in [2.24, 2.45) is 5.92 Å². The summed E-state index contributed by atoms with van der Waals surface area (Å²) in [5, 5.41) is 13.9. The molecule has 0 fully saturated rings. The maximum Gasteiger partial charge on any atom is 0.326 e. The van der Waals surface area contributed by atoms with Crippen molar-refractivity contribution in [2.75, 3.05) is 0 Å². The SMILES string of the molecule is CC(=O)NC(CC(=O)N[C@@H](CC(C)C)C(=O)O)c1ccc(F)cc1F. The van der Waals surface area contributed by atoms with Crippen molar-refractivity contribution in [1.29, 1.82) is 0 Å². The molecule has 0 radical (unpaired) electrons. The first-order chi connectivity index (χ1) is 11.6. The maximum atomic E-state index is 13.9. The molecular weight excluding hydrogens is 334 g/mol. The molecule has 0 heterocycles. The highest BCUT2D eigenvalue weighted by molar-refractivity contribution is 5.84. The number of hydrogen-bond donors (Lipinski definition) is 3. The Morgan fingerprint density at radius 1 is 1.16 bits per heavy atom. The first-order valence-electron chi connectivity index (χ1n) is 7.84. The molecule has 0 aliphatic heterocycles. The minimum atomic E-state index is -1.17. The van der Waals surface area contributed by atoms with Crippen LogP contribution in [0.15, 0.2) is 18.2 Å².